The van der Waals surface area contributed by atoms with E-state index in [2.05, 4.69) is 20.9 Å². The zero-order valence-corrected chi connectivity index (χ0v) is 9.33. The standard InChI is InChI=1S/C8H13BrN2S/c9-7-6-11-8(12-7)4-2-1-3-5-10/h6H,1-5,10H2. The molecule has 12 heavy (non-hydrogen) atoms. The van der Waals surface area contributed by atoms with Crippen molar-refractivity contribution in [2.45, 2.75) is 25.7 Å². The zero-order chi connectivity index (χ0) is 8.81. The number of nitrogens with zero attached hydrogens (tertiary/aromatic N) is 1. The van der Waals surface area contributed by atoms with Crippen molar-refractivity contribution in [1.29, 1.82) is 0 Å². The molecule has 68 valence electrons. The number of aryl methyl sites for hydroxylation is 1. The van der Waals surface area contributed by atoms with Gasteiger partial charge in [0, 0.05) is 0 Å². The van der Waals surface area contributed by atoms with Gasteiger partial charge in [0.05, 0.1) is 15.0 Å². The molecule has 1 heterocycles. The molecule has 0 aromatic carbocycles. The molecule has 0 amide bonds. The largest absolute Gasteiger partial charge is 0.330 e. The maximum absolute atomic E-state index is 5.39. The summed E-state index contributed by atoms with van der Waals surface area (Å²) >= 11 is 5.11. The van der Waals surface area contributed by atoms with Crippen molar-refractivity contribution in [2.75, 3.05) is 6.54 Å². The molecule has 4 heteroatoms. The molecule has 0 aliphatic carbocycles. The quantitative estimate of drug-likeness (QED) is 0.814. The minimum atomic E-state index is 0.807. The van der Waals surface area contributed by atoms with Crippen LogP contribution in [-0.4, -0.2) is 11.5 Å². The molecule has 0 unspecified atom stereocenters. The highest BCUT2D eigenvalue weighted by Crippen LogP contribution is 2.20. The summed E-state index contributed by atoms with van der Waals surface area (Å²) < 4.78 is 1.12. The molecule has 0 saturated heterocycles. The lowest BCUT2D eigenvalue weighted by Gasteiger charge is -1.95. The Hall–Kier alpha value is 0.0700. The lowest BCUT2D eigenvalue weighted by Crippen LogP contribution is -1.98. The normalized spacial score (nSPS) is 10.5. The molecule has 2 nitrogen and oxygen atoms in total. The van der Waals surface area contributed by atoms with Gasteiger partial charge in [-0.3, -0.25) is 0 Å². The highest BCUT2D eigenvalue weighted by Gasteiger charge is 1.98. The summed E-state index contributed by atoms with van der Waals surface area (Å²) in [6.45, 7) is 0.807. The molecule has 0 radical (unpaired) electrons. The van der Waals surface area contributed by atoms with Crippen molar-refractivity contribution >= 4 is 27.3 Å². The summed E-state index contributed by atoms with van der Waals surface area (Å²) in [5.74, 6) is 0. The predicted molar refractivity (Wildman–Crippen MR) is 56.4 cm³/mol. The summed E-state index contributed by atoms with van der Waals surface area (Å²) in [7, 11) is 0. The summed E-state index contributed by atoms with van der Waals surface area (Å²) in [6, 6.07) is 0. The molecule has 0 fully saturated rings. The molecule has 0 aliphatic heterocycles. The Morgan fingerprint density at radius 2 is 2.25 bits per heavy atom. The van der Waals surface area contributed by atoms with E-state index in [1.54, 1.807) is 11.3 Å². The van der Waals surface area contributed by atoms with Crippen LogP contribution in [0, 0.1) is 0 Å². The van der Waals surface area contributed by atoms with E-state index in [1.165, 1.54) is 17.8 Å². The van der Waals surface area contributed by atoms with Gasteiger partial charge in [0.1, 0.15) is 0 Å². The Labute approximate surface area is 85.3 Å². The summed E-state index contributed by atoms with van der Waals surface area (Å²) in [4.78, 5) is 4.25. The first kappa shape index (κ1) is 10.2. The molecule has 2 N–H and O–H groups in total. The maximum atomic E-state index is 5.39. The van der Waals surface area contributed by atoms with Gasteiger partial charge in [0.15, 0.2) is 0 Å². The second-order valence-corrected chi connectivity index (χ2v) is 5.15. The number of halogens is 1. The van der Waals surface area contributed by atoms with Gasteiger partial charge in [-0.15, -0.1) is 11.3 Å². The van der Waals surface area contributed by atoms with Crippen LogP contribution in [0.1, 0.15) is 24.3 Å². The summed E-state index contributed by atoms with van der Waals surface area (Å²) in [5.41, 5.74) is 5.39. The van der Waals surface area contributed by atoms with Gasteiger partial charge in [-0.2, -0.15) is 0 Å². The molecule has 0 bridgehead atoms. The van der Waals surface area contributed by atoms with E-state index in [1.807, 2.05) is 6.20 Å². The lowest BCUT2D eigenvalue weighted by atomic mass is 10.2. The van der Waals surface area contributed by atoms with Gasteiger partial charge in [0.2, 0.25) is 0 Å². The third-order valence-electron chi connectivity index (χ3n) is 1.62. The smallest absolute Gasteiger partial charge is 0.0936 e. The Kier molecular flexibility index (Phi) is 4.80. The van der Waals surface area contributed by atoms with Crippen LogP contribution in [0.15, 0.2) is 9.98 Å². The van der Waals surface area contributed by atoms with Gasteiger partial charge in [-0.1, -0.05) is 6.42 Å². The van der Waals surface area contributed by atoms with E-state index in [0.717, 1.165) is 23.2 Å². The third kappa shape index (κ3) is 3.65. The molecule has 0 atom stereocenters. The first-order chi connectivity index (χ1) is 5.83. The Morgan fingerprint density at radius 3 is 2.83 bits per heavy atom. The third-order valence-corrected chi connectivity index (χ3v) is 3.16. The fraction of sp³-hybridized carbons (Fsp3) is 0.625. The van der Waals surface area contributed by atoms with E-state index >= 15 is 0 Å². The van der Waals surface area contributed by atoms with Crippen molar-refractivity contribution in [2.24, 2.45) is 5.73 Å². The zero-order valence-electron chi connectivity index (χ0n) is 6.92. The first-order valence-electron chi connectivity index (χ1n) is 4.13. The van der Waals surface area contributed by atoms with Crippen molar-refractivity contribution < 1.29 is 0 Å². The van der Waals surface area contributed by atoms with E-state index in [-0.39, 0.29) is 0 Å². The van der Waals surface area contributed by atoms with Crippen molar-refractivity contribution in [1.82, 2.24) is 4.98 Å². The van der Waals surface area contributed by atoms with Gasteiger partial charge >= 0.3 is 0 Å². The molecular weight excluding hydrogens is 236 g/mol. The fourth-order valence-corrected chi connectivity index (χ4v) is 2.35. The van der Waals surface area contributed by atoms with Crippen LogP contribution >= 0.6 is 27.3 Å². The summed E-state index contributed by atoms with van der Waals surface area (Å²) in [6.07, 6.45) is 6.51. The molecule has 1 rings (SSSR count). The van der Waals surface area contributed by atoms with Gasteiger partial charge in [-0.05, 0) is 41.7 Å². The molecule has 0 aliphatic rings. The van der Waals surface area contributed by atoms with Crippen LogP contribution in [0.25, 0.3) is 0 Å². The van der Waals surface area contributed by atoms with Crippen LogP contribution in [-0.2, 0) is 6.42 Å². The van der Waals surface area contributed by atoms with Crippen LogP contribution in [0.3, 0.4) is 0 Å². The van der Waals surface area contributed by atoms with E-state index in [0.29, 0.717) is 0 Å². The van der Waals surface area contributed by atoms with Gasteiger partial charge < -0.3 is 5.73 Å². The minimum Gasteiger partial charge on any atom is -0.330 e. The second kappa shape index (κ2) is 5.67. The average molecular weight is 249 g/mol. The first-order valence-corrected chi connectivity index (χ1v) is 5.74. The van der Waals surface area contributed by atoms with Crippen LogP contribution in [0.5, 0.6) is 0 Å². The highest BCUT2D eigenvalue weighted by molar-refractivity contribution is 9.11. The Bertz CT molecular complexity index is 225. The topological polar surface area (TPSA) is 38.9 Å². The number of unbranched alkanes of at least 4 members (excludes halogenated alkanes) is 2. The van der Waals surface area contributed by atoms with E-state index in [4.69, 9.17) is 5.73 Å². The lowest BCUT2D eigenvalue weighted by molar-refractivity contribution is 0.685. The number of thiazole rings is 1. The second-order valence-electron chi connectivity index (χ2n) is 2.66. The van der Waals surface area contributed by atoms with Gasteiger partial charge in [0.25, 0.3) is 0 Å². The number of hydrogen-bond donors (Lipinski definition) is 1. The van der Waals surface area contributed by atoms with Crippen LogP contribution in [0.4, 0.5) is 0 Å². The van der Waals surface area contributed by atoms with Crippen molar-refractivity contribution in [3.63, 3.8) is 0 Å². The minimum absolute atomic E-state index is 0.807. The summed E-state index contributed by atoms with van der Waals surface area (Å²) in [5, 5.41) is 1.22. The SMILES string of the molecule is NCCCCCc1ncc(Br)s1. The Balaban J connectivity index is 2.15. The number of rotatable bonds is 5. The van der Waals surface area contributed by atoms with Crippen molar-refractivity contribution in [3.05, 3.63) is 15.0 Å². The van der Waals surface area contributed by atoms with E-state index < -0.39 is 0 Å². The molecular formula is C8H13BrN2S. The number of aromatic nitrogens is 1. The number of hydrogen-bond acceptors (Lipinski definition) is 3. The highest BCUT2D eigenvalue weighted by atomic mass is 79.9. The Morgan fingerprint density at radius 1 is 1.42 bits per heavy atom. The van der Waals surface area contributed by atoms with Crippen LogP contribution < -0.4 is 5.73 Å². The molecule has 1 aromatic rings. The van der Waals surface area contributed by atoms with Crippen molar-refractivity contribution in [3.8, 4) is 0 Å². The molecule has 0 spiro atoms. The average Bonchev–Trinajstić information content (AvgIpc) is 2.45. The predicted octanol–water partition coefficient (Wildman–Crippen LogP) is 2.58. The van der Waals surface area contributed by atoms with E-state index in [9.17, 15) is 0 Å². The maximum Gasteiger partial charge on any atom is 0.0936 e. The van der Waals surface area contributed by atoms with Crippen LogP contribution in [0.2, 0.25) is 0 Å². The molecule has 1 aromatic heterocycles. The fourth-order valence-electron chi connectivity index (χ4n) is 1.00. The monoisotopic (exact) mass is 248 g/mol. The van der Waals surface area contributed by atoms with Gasteiger partial charge in [-0.25, -0.2) is 4.98 Å². The molecule has 0 saturated carbocycles. The number of nitrogens with two attached hydrogens (primary N) is 1.